The molecule has 3 aromatic rings. The molecule has 2 unspecified atom stereocenters. The summed E-state index contributed by atoms with van der Waals surface area (Å²) in [5.41, 5.74) is 4.93. The molecule has 0 spiro atoms. The van der Waals surface area contributed by atoms with E-state index in [-0.39, 0.29) is 5.54 Å². The second-order valence-corrected chi connectivity index (χ2v) is 12.3. The van der Waals surface area contributed by atoms with Crippen LogP contribution >= 0.6 is 0 Å². The van der Waals surface area contributed by atoms with Crippen LogP contribution in [0.2, 0.25) is 0 Å². The predicted molar refractivity (Wildman–Crippen MR) is 168 cm³/mol. The van der Waals surface area contributed by atoms with Gasteiger partial charge in [0.05, 0.1) is 0 Å². The van der Waals surface area contributed by atoms with E-state index in [2.05, 4.69) is 116 Å². The molecule has 0 bridgehead atoms. The molecule has 2 saturated heterocycles. The number of fused-ring (bicyclic) bond motifs is 1. The number of rotatable bonds is 8. The Labute approximate surface area is 243 Å². The van der Waals surface area contributed by atoms with E-state index in [0.717, 1.165) is 56.6 Å². The van der Waals surface area contributed by atoms with Crippen LogP contribution in [0, 0.1) is 0 Å². The molecule has 2 fully saturated rings. The van der Waals surface area contributed by atoms with Crippen molar-refractivity contribution in [3.63, 3.8) is 0 Å². The first kappa shape index (κ1) is 30.6. The molecule has 1 N–H and O–H groups in total. The van der Waals surface area contributed by atoms with E-state index in [1.54, 1.807) is 0 Å². The zero-order valence-corrected chi connectivity index (χ0v) is 26.2. The van der Waals surface area contributed by atoms with Crippen molar-refractivity contribution in [2.75, 3.05) is 47.3 Å². The zero-order valence-electron chi connectivity index (χ0n) is 26.2. The van der Waals surface area contributed by atoms with Crippen LogP contribution in [0.25, 0.3) is 11.2 Å². The maximum absolute atomic E-state index is 4.94. The molecule has 1 aromatic carbocycles. The van der Waals surface area contributed by atoms with Crippen molar-refractivity contribution in [1.29, 1.82) is 0 Å². The molecule has 0 saturated carbocycles. The number of piperidine rings is 1. The lowest BCUT2D eigenvalue weighted by Gasteiger charge is -2.46. The molecule has 40 heavy (non-hydrogen) atoms. The van der Waals surface area contributed by atoms with E-state index in [1.807, 2.05) is 0 Å². The van der Waals surface area contributed by atoms with Gasteiger partial charge >= 0.3 is 0 Å². The number of likely N-dealkylation sites (N-methyl/N-ethyl adjacent to an activating group) is 1. The fourth-order valence-corrected chi connectivity index (χ4v) is 6.73. The largest absolute Gasteiger partial charge is 0.313 e. The van der Waals surface area contributed by atoms with Crippen molar-refractivity contribution < 1.29 is 0 Å². The van der Waals surface area contributed by atoms with Crippen LogP contribution in [-0.2, 0) is 25.0 Å². The van der Waals surface area contributed by atoms with Gasteiger partial charge in [-0.3, -0.25) is 9.80 Å². The number of imidazole rings is 1. The second-order valence-electron chi connectivity index (χ2n) is 12.3. The lowest BCUT2D eigenvalue weighted by atomic mass is 9.79. The summed E-state index contributed by atoms with van der Waals surface area (Å²) in [5, 5.41) is 3.47. The Morgan fingerprint density at radius 1 is 1.02 bits per heavy atom. The molecule has 2 aliphatic heterocycles. The normalized spacial score (nSPS) is 21.9. The van der Waals surface area contributed by atoms with Crippen molar-refractivity contribution in [3.8, 4) is 0 Å². The topological polar surface area (TPSA) is 52.5 Å². The molecule has 5 rings (SSSR count). The van der Waals surface area contributed by atoms with Gasteiger partial charge in [-0.2, -0.15) is 0 Å². The minimum Gasteiger partial charge on any atom is -0.313 e. The van der Waals surface area contributed by atoms with Gasteiger partial charge in [-0.15, -0.1) is 0 Å². The standard InChI is InChI=1S/C26H37N5.C7H16N2/c1-5-7-13-24-28-23-18-21(19-27-25(23)31(24)6-2)20-30-16-14-26(15-17-30,29(3)4)22-11-9-8-10-12-22;1-6-4-9(3)5-7(2)8-6/h8-12,18-19H,5-7,13-17,20H2,1-4H3;6-8H,4-5H2,1-3H3. The first-order chi connectivity index (χ1) is 19.3. The summed E-state index contributed by atoms with van der Waals surface area (Å²) in [6, 6.07) is 14.6. The molecule has 2 aliphatic rings. The third kappa shape index (κ3) is 7.30. The summed E-state index contributed by atoms with van der Waals surface area (Å²) in [4.78, 5) is 17.1. The molecular formula is C33H53N7. The van der Waals surface area contributed by atoms with Crippen LogP contribution in [0.1, 0.15) is 70.3 Å². The van der Waals surface area contributed by atoms with Gasteiger partial charge in [0.25, 0.3) is 0 Å². The average Bonchev–Trinajstić information content (AvgIpc) is 3.29. The molecule has 0 radical (unpaired) electrons. The molecule has 7 heteroatoms. The Balaban J connectivity index is 0.000000350. The number of hydrogen-bond acceptors (Lipinski definition) is 6. The van der Waals surface area contributed by atoms with Crippen LogP contribution in [0.15, 0.2) is 42.6 Å². The van der Waals surface area contributed by atoms with Crippen LogP contribution in [0.4, 0.5) is 0 Å². The van der Waals surface area contributed by atoms with E-state index in [4.69, 9.17) is 9.97 Å². The molecule has 0 aliphatic carbocycles. The second kappa shape index (κ2) is 14.0. The van der Waals surface area contributed by atoms with Gasteiger partial charge in [-0.1, -0.05) is 43.7 Å². The highest BCUT2D eigenvalue weighted by Crippen LogP contribution is 2.37. The minimum absolute atomic E-state index is 0.133. The van der Waals surface area contributed by atoms with E-state index in [9.17, 15) is 0 Å². The molecule has 2 atom stereocenters. The number of likely N-dealkylation sites (tertiary alicyclic amines) is 1. The Morgan fingerprint density at radius 3 is 2.27 bits per heavy atom. The van der Waals surface area contributed by atoms with E-state index in [0.29, 0.717) is 12.1 Å². The van der Waals surface area contributed by atoms with E-state index < -0.39 is 0 Å². The highest BCUT2D eigenvalue weighted by atomic mass is 15.2. The van der Waals surface area contributed by atoms with Crippen LogP contribution < -0.4 is 5.32 Å². The molecule has 0 amide bonds. The van der Waals surface area contributed by atoms with E-state index >= 15 is 0 Å². The first-order valence-corrected chi connectivity index (χ1v) is 15.5. The van der Waals surface area contributed by atoms with Crippen LogP contribution in [-0.4, -0.2) is 88.6 Å². The number of aromatic nitrogens is 3. The summed E-state index contributed by atoms with van der Waals surface area (Å²) in [5.74, 6) is 1.18. The third-order valence-corrected chi connectivity index (χ3v) is 8.79. The van der Waals surface area contributed by atoms with Crippen molar-refractivity contribution >= 4 is 11.2 Å². The minimum atomic E-state index is 0.133. The molecule has 4 heterocycles. The molecule has 2 aromatic heterocycles. The number of nitrogens with one attached hydrogen (secondary N) is 1. The van der Waals surface area contributed by atoms with Crippen molar-refractivity contribution in [3.05, 3.63) is 59.5 Å². The number of nitrogens with zero attached hydrogens (tertiary/aromatic N) is 6. The summed E-state index contributed by atoms with van der Waals surface area (Å²) in [6.45, 7) is 15.3. The Kier molecular flexibility index (Phi) is 10.7. The van der Waals surface area contributed by atoms with Crippen molar-refractivity contribution in [2.24, 2.45) is 0 Å². The van der Waals surface area contributed by atoms with Crippen molar-refractivity contribution in [1.82, 2.24) is 34.6 Å². The lowest BCUT2D eigenvalue weighted by Crippen LogP contribution is -2.52. The first-order valence-electron chi connectivity index (χ1n) is 15.5. The zero-order chi connectivity index (χ0) is 28.7. The SMILES string of the molecule is CC1CN(C)CC(C)N1.CCCCc1nc2cc(CN3CCC(c4ccccc4)(N(C)C)CC3)cnc2n1CC. The fourth-order valence-electron chi connectivity index (χ4n) is 6.73. The quantitative estimate of drug-likeness (QED) is 0.421. The number of aryl methyl sites for hydroxylation is 2. The fraction of sp³-hybridized carbons (Fsp3) is 0.636. The van der Waals surface area contributed by atoms with Gasteiger partial charge in [-0.25, -0.2) is 9.97 Å². The monoisotopic (exact) mass is 547 g/mol. The predicted octanol–water partition coefficient (Wildman–Crippen LogP) is 5.15. The number of pyridine rings is 1. The lowest BCUT2D eigenvalue weighted by molar-refractivity contribution is 0.0507. The van der Waals surface area contributed by atoms with Gasteiger partial charge in [-0.05, 0) is 78.4 Å². The molecule has 220 valence electrons. The molecular weight excluding hydrogens is 494 g/mol. The summed E-state index contributed by atoms with van der Waals surface area (Å²) < 4.78 is 2.28. The summed E-state index contributed by atoms with van der Waals surface area (Å²) >= 11 is 0. The Bertz CT molecular complexity index is 1160. The number of piperazine rings is 1. The van der Waals surface area contributed by atoms with Gasteiger partial charge in [0, 0.05) is 69.5 Å². The van der Waals surface area contributed by atoms with Gasteiger partial charge in [0.1, 0.15) is 11.3 Å². The van der Waals surface area contributed by atoms with E-state index in [1.165, 1.54) is 42.9 Å². The third-order valence-electron chi connectivity index (χ3n) is 8.79. The van der Waals surface area contributed by atoms with Gasteiger partial charge in [0.2, 0.25) is 0 Å². The van der Waals surface area contributed by atoms with Crippen LogP contribution in [0.3, 0.4) is 0 Å². The highest BCUT2D eigenvalue weighted by molar-refractivity contribution is 5.72. The smallest absolute Gasteiger partial charge is 0.159 e. The number of unbranched alkanes of at least 4 members (excludes halogenated alkanes) is 1. The Morgan fingerprint density at radius 2 is 1.70 bits per heavy atom. The maximum atomic E-state index is 4.94. The maximum Gasteiger partial charge on any atom is 0.159 e. The van der Waals surface area contributed by atoms with Crippen molar-refractivity contribution in [2.45, 2.75) is 90.5 Å². The summed E-state index contributed by atoms with van der Waals surface area (Å²) in [7, 11) is 6.62. The summed E-state index contributed by atoms with van der Waals surface area (Å²) in [6.07, 6.45) is 7.76. The molecule has 7 nitrogen and oxygen atoms in total. The Hall–Kier alpha value is -2.32. The number of benzene rings is 1. The highest BCUT2D eigenvalue weighted by Gasteiger charge is 2.38. The van der Waals surface area contributed by atoms with Gasteiger partial charge < -0.3 is 14.8 Å². The average molecular weight is 548 g/mol. The van der Waals surface area contributed by atoms with Gasteiger partial charge in [0.15, 0.2) is 5.65 Å². The number of hydrogen-bond donors (Lipinski definition) is 1. The van der Waals surface area contributed by atoms with Crippen LogP contribution in [0.5, 0.6) is 0 Å².